The number of amides is 2. The first-order valence-electron chi connectivity index (χ1n) is 13.3. The molecule has 7 atom stereocenters. The number of ether oxygens (including phenoxy) is 4. The molecule has 0 bridgehead atoms. The van der Waals surface area contributed by atoms with Crippen molar-refractivity contribution in [3.63, 3.8) is 0 Å². The van der Waals surface area contributed by atoms with Gasteiger partial charge in [0, 0.05) is 7.11 Å². The Labute approximate surface area is 256 Å². The molecule has 8 N–H and O–H groups in total. The number of nitrogens with one attached hydrogen (secondary N) is 1. The number of aliphatic hydroxyl groups is 2. The van der Waals surface area contributed by atoms with Crippen LogP contribution in [0.3, 0.4) is 0 Å². The number of carbonyl (C=O) groups excluding carboxylic acids is 3. The molecule has 2 amide bonds. The Morgan fingerprint density at radius 1 is 1.02 bits per heavy atom. The summed E-state index contributed by atoms with van der Waals surface area (Å²) in [6.45, 7) is 0.0586. The minimum atomic E-state index is -2.26. The highest BCUT2D eigenvalue weighted by Crippen LogP contribution is 2.31. The van der Waals surface area contributed by atoms with Gasteiger partial charge < -0.3 is 40.2 Å². The molecule has 1 fully saturated rings. The van der Waals surface area contributed by atoms with E-state index in [2.05, 4.69) is 29.8 Å². The summed E-state index contributed by atoms with van der Waals surface area (Å²) in [4.78, 5) is 59.1. The molecule has 2 rings (SSSR count). The summed E-state index contributed by atoms with van der Waals surface area (Å²) in [6, 6.07) is 8.82. The van der Waals surface area contributed by atoms with Gasteiger partial charge in [0.25, 0.3) is 11.8 Å². The van der Waals surface area contributed by atoms with Crippen molar-refractivity contribution in [2.75, 3.05) is 27.4 Å². The molecule has 1 heterocycles. The topological polar surface area (TPSA) is 273 Å². The number of nitrogens with two attached hydrogens (primary N) is 1. The van der Waals surface area contributed by atoms with Crippen LogP contribution in [0.15, 0.2) is 41.9 Å². The van der Waals surface area contributed by atoms with Crippen molar-refractivity contribution in [3.8, 4) is 0 Å². The third-order valence-corrected chi connectivity index (χ3v) is 6.78. The highest BCUT2D eigenvalue weighted by Gasteiger charge is 2.49. The number of carbonyl (C=O) groups is 3. The molecule has 0 radical (unpaired) electrons. The molecule has 0 aromatic heterocycles. The van der Waals surface area contributed by atoms with E-state index in [1.807, 2.05) is 0 Å². The third-order valence-electron chi connectivity index (χ3n) is 6.78. The van der Waals surface area contributed by atoms with Crippen LogP contribution < -0.4 is 11.1 Å². The lowest BCUT2D eigenvalue weighted by atomic mass is 9.96. The fraction of sp³-hybridized carbons (Fsp3) is 0.577. The summed E-state index contributed by atoms with van der Waals surface area (Å²) in [5, 5.41) is 52.7. The van der Waals surface area contributed by atoms with E-state index >= 15 is 0 Å². The van der Waals surface area contributed by atoms with E-state index in [1.165, 1.54) is 6.92 Å². The van der Waals surface area contributed by atoms with Crippen molar-refractivity contribution in [1.82, 2.24) is 5.32 Å². The van der Waals surface area contributed by atoms with Crippen LogP contribution in [-0.4, -0.2) is 114 Å². The van der Waals surface area contributed by atoms with Crippen LogP contribution in [-0.2, 0) is 59.6 Å². The van der Waals surface area contributed by atoms with E-state index in [0.717, 1.165) is 19.8 Å². The highest BCUT2D eigenvalue weighted by atomic mass is 17.2. The minimum absolute atomic E-state index is 0.0117. The molecule has 1 aromatic carbocycles. The maximum Gasteiger partial charge on any atom is 0.508 e. The van der Waals surface area contributed by atoms with Crippen LogP contribution in [0.4, 0.5) is 4.79 Å². The number of rotatable bonds is 18. The SMILES string of the molecule is COOC(C(N)=O)C(OO)C(OO)C(OO)/C(OC1CCC(OC(=O)OCc2ccccc2)CNC1=O)=C(\O)C(C)(CO)OC. The summed E-state index contributed by atoms with van der Waals surface area (Å²) in [7, 11) is 2.06. The molecular formula is C26H38N2O17. The first-order chi connectivity index (χ1) is 21.5. The Morgan fingerprint density at radius 3 is 2.20 bits per heavy atom. The molecule has 1 aliphatic heterocycles. The lowest BCUT2D eigenvalue weighted by Gasteiger charge is -2.34. The van der Waals surface area contributed by atoms with E-state index in [9.17, 15) is 40.4 Å². The highest BCUT2D eigenvalue weighted by molar-refractivity contribution is 5.81. The second kappa shape index (κ2) is 18.4. The quantitative estimate of drug-likeness (QED) is 0.0483. The van der Waals surface area contributed by atoms with Crippen LogP contribution in [0, 0.1) is 0 Å². The minimum Gasteiger partial charge on any atom is -0.506 e. The van der Waals surface area contributed by atoms with Crippen LogP contribution in [0.5, 0.6) is 0 Å². The lowest BCUT2D eigenvalue weighted by Crippen LogP contribution is -2.54. The van der Waals surface area contributed by atoms with Gasteiger partial charge in [-0.05, 0) is 25.3 Å². The zero-order valence-corrected chi connectivity index (χ0v) is 24.6. The second-order valence-corrected chi connectivity index (χ2v) is 9.75. The molecule has 19 heteroatoms. The van der Waals surface area contributed by atoms with Gasteiger partial charge in [0.15, 0.2) is 35.9 Å². The predicted molar refractivity (Wildman–Crippen MR) is 144 cm³/mol. The van der Waals surface area contributed by atoms with Crippen molar-refractivity contribution in [1.29, 1.82) is 0 Å². The number of hydrogen-bond acceptors (Lipinski definition) is 17. The summed E-state index contributed by atoms with van der Waals surface area (Å²) in [6.07, 6.45) is -12.2. The van der Waals surface area contributed by atoms with E-state index in [0.29, 0.717) is 0 Å². The Hall–Kier alpha value is -3.63. The Balaban J connectivity index is 2.35. The normalized spacial score (nSPS) is 21.5. The summed E-state index contributed by atoms with van der Waals surface area (Å²) in [5.41, 5.74) is 3.98. The molecule has 0 aliphatic carbocycles. The molecule has 1 aliphatic rings. The molecule has 0 spiro atoms. The van der Waals surface area contributed by atoms with Crippen LogP contribution in [0.1, 0.15) is 25.3 Å². The maximum atomic E-state index is 13.0. The molecule has 7 unspecified atom stereocenters. The van der Waals surface area contributed by atoms with Crippen molar-refractivity contribution in [2.45, 2.75) is 68.6 Å². The number of aliphatic hydroxyl groups excluding tert-OH is 2. The van der Waals surface area contributed by atoms with Gasteiger partial charge in [-0.15, -0.1) is 0 Å². The summed E-state index contributed by atoms with van der Waals surface area (Å²) < 4.78 is 21.3. The van der Waals surface area contributed by atoms with Gasteiger partial charge in [-0.25, -0.2) is 29.2 Å². The van der Waals surface area contributed by atoms with Gasteiger partial charge in [-0.1, -0.05) is 30.3 Å². The van der Waals surface area contributed by atoms with Crippen LogP contribution >= 0.6 is 0 Å². The average Bonchev–Trinajstić information content (AvgIpc) is 3.22. The average molecular weight is 651 g/mol. The lowest BCUT2D eigenvalue weighted by molar-refractivity contribution is -0.419. The van der Waals surface area contributed by atoms with Gasteiger partial charge in [-0.3, -0.25) is 25.4 Å². The standard InChI is InChI=1S/C26H38N2O17/c1-26(13-29,37-2)22(30)20(18(43-35)17(42-34)19(44-36)21(23(27)31)45-38-3)41-16-10-9-15(11-28-24(16)32)40-25(33)39-12-14-7-5-4-6-8-14/h4-8,15-19,21,29-30,34-36H,9-13H2,1-3H3,(H2,27,31)(H,28,32)/b22-20+. The van der Waals surface area contributed by atoms with E-state index in [1.54, 1.807) is 30.3 Å². The van der Waals surface area contributed by atoms with E-state index in [4.69, 9.17) is 24.7 Å². The Bertz CT molecular complexity index is 1120. The first-order valence-corrected chi connectivity index (χ1v) is 13.3. The molecule has 19 nitrogen and oxygen atoms in total. The van der Waals surface area contributed by atoms with Gasteiger partial charge in [0.05, 0.1) is 20.3 Å². The van der Waals surface area contributed by atoms with Gasteiger partial charge in [0.2, 0.25) is 6.10 Å². The maximum absolute atomic E-state index is 13.0. The van der Waals surface area contributed by atoms with Gasteiger partial charge in [0.1, 0.15) is 18.3 Å². The Kier molecular flexibility index (Phi) is 15.3. The fourth-order valence-electron chi connectivity index (χ4n) is 4.11. The second-order valence-electron chi connectivity index (χ2n) is 9.75. The number of hydrogen-bond donors (Lipinski definition) is 7. The van der Waals surface area contributed by atoms with Crippen molar-refractivity contribution < 1.29 is 83.8 Å². The largest absolute Gasteiger partial charge is 0.508 e. The number of primary amides is 1. The fourth-order valence-corrected chi connectivity index (χ4v) is 4.11. The van der Waals surface area contributed by atoms with Crippen molar-refractivity contribution in [2.24, 2.45) is 5.73 Å². The zero-order chi connectivity index (χ0) is 33.6. The van der Waals surface area contributed by atoms with Crippen molar-refractivity contribution >= 4 is 18.0 Å². The Morgan fingerprint density at radius 2 is 1.67 bits per heavy atom. The molecule has 1 saturated heterocycles. The zero-order valence-electron chi connectivity index (χ0n) is 24.6. The van der Waals surface area contributed by atoms with Gasteiger partial charge in [-0.2, -0.15) is 0 Å². The molecule has 0 saturated carbocycles. The summed E-state index contributed by atoms with van der Waals surface area (Å²) >= 11 is 0. The van der Waals surface area contributed by atoms with E-state index in [-0.39, 0.29) is 26.0 Å². The van der Waals surface area contributed by atoms with Gasteiger partial charge >= 0.3 is 6.16 Å². The van der Waals surface area contributed by atoms with Crippen LogP contribution in [0.2, 0.25) is 0 Å². The van der Waals surface area contributed by atoms with E-state index < -0.39 is 78.3 Å². The number of benzene rings is 1. The first kappa shape index (κ1) is 37.6. The number of methoxy groups -OCH3 is 1. The molecular weight excluding hydrogens is 612 g/mol. The van der Waals surface area contributed by atoms with Crippen LogP contribution in [0.25, 0.3) is 0 Å². The van der Waals surface area contributed by atoms with Crippen molar-refractivity contribution in [3.05, 3.63) is 47.4 Å². The molecule has 254 valence electrons. The molecule has 1 aromatic rings. The predicted octanol–water partition coefficient (Wildman–Crippen LogP) is 0.177. The monoisotopic (exact) mass is 650 g/mol. The third kappa shape index (κ3) is 10.2. The smallest absolute Gasteiger partial charge is 0.506 e. The summed E-state index contributed by atoms with van der Waals surface area (Å²) in [5.74, 6) is -4.01. The molecule has 45 heavy (non-hydrogen) atoms.